The van der Waals surface area contributed by atoms with Crippen LogP contribution in [0.15, 0.2) is 76.4 Å². The van der Waals surface area contributed by atoms with E-state index in [9.17, 15) is 27.6 Å². The van der Waals surface area contributed by atoms with Crippen molar-refractivity contribution in [2.24, 2.45) is 5.92 Å². The number of amides is 1. The Balaban J connectivity index is 1.43. The summed E-state index contributed by atoms with van der Waals surface area (Å²) in [6.07, 6.45) is 0.660. The minimum atomic E-state index is -4.76. The minimum Gasteiger partial charge on any atom is -0.398 e. The molecule has 1 fully saturated rings. The third kappa shape index (κ3) is 6.39. The van der Waals surface area contributed by atoms with Crippen LogP contribution in [0.25, 0.3) is 16.5 Å². The summed E-state index contributed by atoms with van der Waals surface area (Å²) in [6, 6.07) is 14.2. The predicted octanol–water partition coefficient (Wildman–Crippen LogP) is 7.38. The van der Waals surface area contributed by atoms with Gasteiger partial charge in [0.2, 0.25) is 0 Å². The van der Waals surface area contributed by atoms with Crippen molar-refractivity contribution < 1.29 is 22.4 Å². The van der Waals surface area contributed by atoms with Crippen molar-refractivity contribution in [3.05, 3.63) is 122 Å². The Hall–Kier alpha value is -5.13. The number of nitrogens with two attached hydrogens (primary N) is 1. The fourth-order valence-corrected chi connectivity index (χ4v) is 6.40. The molecule has 0 spiro atoms. The number of hydrogen-bond donors (Lipinski definition) is 3. The van der Waals surface area contributed by atoms with Crippen LogP contribution in [0.5, 0.6) is 0 Å². The molecule has 3 aromatic carbocycles. The molecule has 8 nitrogen and oxygen atoms in total. The second-order valence-corrected chi connectivity index (χ2v) is 12.2. The molecule has 1 unspecified atom stereocenters. The molecule has 1 aliphatic rings. The fraction of sp³-hybridized carbons (Fsp3) is 0.306. The Morgan fingerprint density at radius 3 is 2.44 bits per heavy atom. The van der Waals surface area contributed by atoms with Gasteiger partial charge in [-0.25, -0.2) is 9.18 Å². The smallest absolute Gasteiger partial charge is 0.398 e. The third-order valence-electron chi connectivity index (χ3n) is 9.11. The standard InChI is InChI=1S/C36H35F4N5O3/c1-3-21-8-9-22-10-12-24(18-25(22)33(21)41)45-29(4-2)26(36(38,39)40)19-31(45)34(47)42-28-17-23(11-13-27(28)37)30(14-7-20-5-6-20)44-16-15-32(46)43-35(44)48/h8-13,15-20,30H,3-7,14,41H2,1-2H3,(H,42,47)(H,43,46,48). The molecule has 1 amide bonds. The summed E-state index contributed by atoms with van der Waals surface area (Å²) in [4.78, 5) is 40.6. The van der Waals surface area contributed by atoms with Crippen LogP contribution in [0.3, 0.4) is 0 Å². The maximum Gasteiger partial charge on any atom is 0.418 e. The molecular weight excluding hydrogens is 626 g/mol. The molecule has 2 heterocycles. The summed E-state index contributed by atoms with van der Waals surface area (Å²) in [6.45, 7) is 3.51. The van der Waals surface area contributed by atoms with Crippen LogP contribution in [0, 0.1) is 11.7 Å². The number of aryl methyl sites for hydroxylation is 1. The number of H-pyrrole nitrogens is 1. The Labute approximate surface area is 273 Å². The number of anilines is 2. The van der Waals surface area contributed by atoms with E-state index in [0.717, 1.165) is 42.3 Å². The highest BCUT2D eigenvalue weighted by atomic mass is 19.4. The molecule has 0 bridgehead atoms. The lowest BCUT2D eigenvalue weighted by Crippen LogP contribution is -2.32. The molecule has 0 saturated heterocycles. The number of nitrogens with one attached hydrogen (secondary N) is 2. The van der Waals surface area contributed by atoms with Gasteiger partial charge in [-0.2, -0.15) is 13.2 Å². The van der Waals surface area contributed by atoms with E-state index in [4.69, 9.17) is 5.73 Å². The normalized spacial score (nSPS) is 14.0. The van der Waals surface area contributed by atoms with Gasteiger partial charge in [0.05, 0.1) is 17.3 Å². The number of nitrogens with zero attached hydrogens (tertiary/aromatic N) is 2. The first-order valence-corrected chi connectivity index (χ1v) is 15.9. The summed E-state index contributed by atoms with van der Waals surface area (Å²) >= 11 is 0. The molecule has 1 atom stereocenters. The molecule has 1 aliphatic carbocycles. The number of benzene rings is 3. The molecule has 12 heteroatoms. The average Bonchev–Trinajstić information content (AvgIpc) is 3.79. The van der Waals surface area contributed by atoms with Gasteiger partial charge in [-0.05, 0) is 78.4 Å². The van der Waals surface area contributed by atoms with Gasteiger partial charge >= 0.3 is 11.9 Å². The molecule has 2 aromatic heterocycles. The first-order chi connectivity index (χ1) is 22.9. The zero-order valence-corrected chi connectivity index (χ0v) is 26.5. The highest BCUT2D eigenvalue weighted by Crippen LogP contribution is 2.39. The van der Waals surface area contributed by atoms with E-state index < -0.39 is 40.8 Å². The number of aromatic amines is 1. The van der Waals surface area contributed by atoms with Crippen LogP contribution in [0.1, 0.15) is 78.4 Å². The molecule has 5 aromatic rings. The largest absolute Gasteiger partial charge is 0.418 e. The second kappa shape index (κ2) is 12.8. The number of nitrogen functional groups attached to an aromatic ring is 1. The zero-order valence-electron chi connectivity index (χ0n) is 26.5. The van der Waals surface area contributed by atoms with Crippen LogP contribution in [-0.2, 0) is 19.0 Å². The molecule has 0 radical (unpaired) electrons. The van der Waals surface area contributed by atoms with E-state index >= 15 is 4.39 Å². The van der Waals surface area contributed by atoms with Gasteiger partial charge < -0.3 is 15.6 Å². The number of fused-ring (bicyclic) bond motifs is 1. The highest BCUT2D eigenvalue weighted by Gasteiger charge is 2.38. The van der Waals surface area contributed by atoms with Crippen molar-refractivity contribution >= 4 is 28.1 Å². The number of carbonyl (C=O) groups excluding carboxylic acids is 1. The number of halogens is 4. The van der Waals surface area contributed by atoms with Crippen LogP contribution >= 0.6 is 0 Å². The topological polar surface area (TPSA) is 115 Å². The third-order valence-corrected chi connectivity index (χ3v) is 9.11. The van der Waals surface area contributed by atoms with Crippen molar-refractivity contribution in [2.75, 3.05) is 11.1 Å². The second-order valence-electron chi connectivity index (χ2n) is 12.2. The van der Waals surface area contributed by atoms with E-state index in [0.29, 0.717) is 41.1 Å². The number of carbonyl (C=O) groups is 1. The quantitative estimate of drug-likeness (QED) is 0.107. The lowest BCUT2D eigenvalue weighted by molar-refractivity contribution is -0.138. The van der Waals surface area contributed by atoms with E-state index in [-0.39, 0.29) is 23.5 Å². The van der Waals surface area contributed by atoms with E-state index in [2.05, 4.69) is 10.3 Å². The van der Waals surface area contributed by atoms with E-state index in [1.165, 1.54) is 33.5 Å². The summed E-state index contributed by atoms with van der Waals surface area (Å²) < 4.78 is 60.9. The van der Waals surface area contributed by atoms with Gasteiger partial charge in [0.25, 0.3) is 11.5 Å². The van der Waals surface area contributed by atoms with E-state index in [1.807, 2.05) is 19.1 Å². The summed E-state index contributed by atoms with van der Waals surface area (Å²) in [5.74, 6) is -1.26. The lowest BCUT2D eigenvalue weighted by atomic mass is 9.99. The van der Waals surface area contributed by atoms with Crippen LogP contribution in [0.2, 0.25) is 0 Å². The fourth-order valence-electron chi connectivity index (χ4n) is 6.40. The number of alkyl halides is 3. The molecule has 0 aliphatic heterocycles. The average molecular weight is 662 g/mol. The maximum atomic E-state index is 15.3. The van der Waals surface area contributed by atoms with Gasteiger partial charge in [-0.3, -0.25) is 19.1 Å². The maximum absolute atomic E-state index is 15.3. The summed E-state index contributed by atoms with van der Waals surface area (Å²) in [5, 5.41) is 3.92. The summed E-state index contributed by atoms with van der Waals surface area (Å²) in [7, 11) is 0. The molecule has 1 saturated carbocycles. The lowest BCUT2D eigenvalue weighted by Gasteiger charge is -2.21. The SMILES string of the molecule is CCc1ccc2ccc(-n3c(C(=O)Nc4cc(C(CCC5CC5)n5ccc(=O)[nH]c5=O)ccc4F)cc(C(F)(F)F)c3CC)cc2c1N. The first-order valence-electron chi connectivity index (χ1n) is 15.9. The highest BCUT2D eigenvalue weighted by molar-refractivity contribution is 6.04. The van der Waals surface area contributed by atoms with Crippen LogP contribution in [-0.4, -0.2) is 20.0 Å². The molecule has 4 N–H and O–H groups in total. The Morgan fingerprint density at radius 1 is 1.02 bits per heavy atom. The molecule has 6 rings (SSSR count). The van der Waals surface area contributed by atoms with Gasteiger partial charge in [-0.1, -0.05) is 51.0 Å². The number of hydrogen-bond acceptors (Lipinski definition) is 4. The van der Waals surface area contributed by atoms with Crippen molar-refractivity contribution in [1.82, 2.24) is 14.1 Å². The predicted molar refractivity (Wildman–Crippen MR) is 177 cm³/mol. The molecule has 48 heavy (non-hydrogen) atoms. The monoisotopic (exact) mass is 661 g/mol. The van der Waals surface area contributed by atoms with Gasteiger partial charge in [0.1, 0.15) is 11.5 Å². The van der Waals surface area contributed by atoms with Crippen molar-refractivity contribution in [3.63, 3.8) is 0 Å². The first kappa shape index (κ1) is 32.8. The minimum absolute atomic E-state index is 0.0505. The van der Waals surface area contributed by atoms with Gasteiger partial charge in [-0.15, -0.1) is 0 Å². The molecule has 250 valence electrons. The number of rotatable bonds is 10. The Bertz CT molecular complexity index is 2140. The Kier molecular flexibility index (Phi) is 8.76. The zero-order chi connectivity index (χ0) is 34.3. The van der Waals surface area contributed by atoms with Crippen molar-refractivity contribution in [3.8, 4) is 5.69 Å². The molecular formula is C36H35F4N5O3. The van der Waals surface area contributed by atoms with Crippen molar-refractivity contribution in [2.45, 2.75) is 64.6 Å². The van der Waals surface area contributed by atoms with Gasteiger partial charge in [0.15, 0.2) is 0 Å². The van der Waals surface area contributed by atoms with E-state index in [1.54, 1.807) is 25.1 Å². The summed E-state index contributed by atoms with van der Waals surface area (Å²) in [5.41, 5.74) is 5.69. The van der Waals surface area contributed by atoms with Crippen LogP contribution < -0.4 is 22.3 Å². The van der Waals surface area contributed by atoms with Crippen molar-refractivity contribution in [1.29, 1.82) is 0 Å². The number of aromatic nitrogens is 3. The van der Waals surface area contributed by atoms with Crippen LogP contribution in [0.4, 0.5) is 28.9 Å². The Morgan fingerprint density at radius 2 is 1.77 bits per heavy atom. The van der Waals surface area contributed by atoms with Gasteiger partial charge in [0, 0.05) is 34.7 Å².